The van der Waals surface area contributed by atoms with Gasteiger partial charge in [-0.05, 0) is 103 Å². The molecule has 10 aromatic rings. The summed E-state index contributed by atoms with van der Waals surface area (Å²) in [4.78, 5) is 2.53. The van der Waals surface area contributed by atoms with Gasteiger partial charge in [0.25, 0.3) is 0 Å². The quantitative estimate of drug-likeness (QED) is 0.162. The lowest BCUT2D eigenvalue weighted by Crippen LogP contribution is -2.17. The van der Waals surface area contributed by atoms with Gasteiger partial charge in [0.2, 0.25) is 0 Å². The van der Waals surface area contributed by atoms with Crippen molar-refractivity contribution < 1.29 is 0 Å². The molecule has 0 atom stereocenters. The normalized spacial score (nSPS) is 13.1. The lowest BCUT2D eigenvalue weighted by Gasteiger charge is -2.31. The largest absolute Gasteiger partial charge is 0.310 e. The van der Waals surface area contributed by atoms with E-state index < -0.39 is 0 Å². The molecule has 1 aliphatic rings. The van der Waals surface area contributed by atoms with E-state index in [2.05, 4.69) is 234 Å². The van der Waals surface area contributed by atoms with Gasteiger partial charge in [-0.1, -0.05) is 192 Å². The first kappa shape index (κ1) is 37.3. The summed E-state index contributed by atoms with van der Waals surface area (Å²) in [5.74, 6) is 0. The third-order valence-corrected chi connectivity index (χ3v) is 14.3. The second-order valence-corrected chi connectivity index (χ2v) is 19.2. The Balaban J connectivity index is 1.20. The Morgan fingerprint density at radius 2 is 1.07 bits per heavy atom. The van der Waals surface area contributed by atoms with Crippen LogP contribution in [0.15, 0.2) is 194 Å². The van der Waals surface area contributed by atoms with Crippen LogP contribution in [0.4, 0.5) is 17.1 Å². The molecule has 1 aromatic heterocycles. The first-order chi connectivity index (χ1) is 29.6. The fourth-order valence-corrected chi connectivity index (χ4v) is 11.1. The van der Waals surface area contributed by atoms with E-state index in [1.807, 2.05) is 11.3 Å². The minimum atomic E-state index is -0.152. The highest BCUT2D eigenvalue weighted by Gasteiger charge is 2.36. The molecule has 0 saturated carbocycles. The Morgan fingerprint density at radius 1 is 0.443 bits per heavy atom. The molecule has 11 rings (SSSR count). The van der Waals surface area contributed by atoms with Gasteiger partial charge >= 0.3 is 0 Å². The van der Waals surface area contributed by atoms with Crippen molar-refractivity contribution in [3.8, 4) is 44.5 Å². The topological polar surface area (TPSA) is 3.24 Å². The monoisotopic (exact) mass is 801 g/mol. The molecular weight excluding hydrogens is 755 g/mol. The van der Waals surface area contributed by atoms with Crippen LogP contribution in [0.2, 0.25) is 0 Å². The summed E-state index contributed by atoms with van der Waals surface area (Å²) >= 11 is 1.90. The number of hydrogen-bond donors (Lipinski definition) is 0. The van der Waals surface area contributed by atoms with Crippen molar-refractivity contribution in [2.24, 2.45) is 0 Å². The number of nitrogens with zero attached hydrogens (tertiary/aromatic N) is 1. The number of fused-ring (bicyclic) bond motifs is 7. The molecule has 294 valence electrons. The molecular formula is C59H47NS. The molecule has 0 fully saturated rings. The second-order valence-electron chi connectivity index (χ2n) is 18.1. The van der Waals surface area contributed by atoms with Crippen molar-refractivity contribution in [2.45, 2.75) is 45.4 Å². The Kier molecular flexibility index (Phi) is 8.67. The first-order valence-corrected chi connectivity index (χ1v) is 22.2. The third-order valence-electron chi connectivity index (χ3n) is 13.1. The SMILES string of the molecule is CC(C)(C)c1ccc(-c2ccc(N(c3ccc4c(c3)C(C)(C)c3ccccc3-4)c3ccc4ccccc4c3-c3cccc4c3sc3ccccc34)cc2-c2ccccc2)cc1. The van der Waals surface area contributed by atoms with Crippen LogP contribution in [0.25, 0.3) is 75.5 Å². The molecule has 0 unspecified atom stereocenters. The van der Waals surface area contributed by atoms with Crippen LogP contribution >= 0.6 is 11.3 Å². The molecule has 2 heteroatoms. The highest BCUT2D eigenvalue weighted by Crippen LogP contribution is 2.53. The van der Waals surface area contributed by atoms with Gasteiger partial charge in [0, 0.05) is 48.1 Å². The summed E-state index contributed by atoms with van der Waals surface area (Å²) in [6.45, 7) is 11.6. The molecule has 1 nitrogen and oxygen atoms in total. The molecule has 0 amide bonds. The zero-order valence-corrected chi connectivity index (χ0v) is 36.1. The maximum Gasteiger partial charge on any atom is 0.0547 e. The number of rotatable bonds is 6. The van der Waals surface area contributed by atoms with E-state index in [0.29, 0.717) is 0 Å². The predicted octanol–water partition coefficient (Wildman–Crippen LogP) is 17.3. The minimum Gasteiger partial charge on any atom is -0.310 e. The molecule has 0 aliphatic heterocycles. The summed E-state index contributed by atoms with van der Waals surface area (Å²) in [5.41, 5.74) is 17.4. The summed E-state index contributed by atoms with van der Waals surface area (Å²) in [7, 11) is 0. The van der Waals surface area contributed by atoms with Crippen LogP contribution in [0.3, 0.4) is 0 Å². The van der Waals surface area contributed by atoms with E-state index >= 15 is 0 Å². The fraction of sp³-hybridized carbons (Fsp3) is 0.119. The number of thiophene rings is 1. The maximum atomic E-state index is 2.53. The van der Waals surface area contributed by atoms with Crippen molar-refractivity contribution in [3.05, 3.63) is 211 Å². The van der Waals surface area contributed by atoms with Gasteiger partial charge in [-0.15, -0.1) is 11.3 Å². The van der Waals surface area contributed by atoms with Crippen LogP contribution in [-0.2, 0) is 10.8 Å². The number of hydrogen-bond acceptors (Lipinski definition) is 2. The lowest BCUT2D eigenvalue weighted by atomic mass is 9.82. The van der Waals surface area contributed by atoms with E-state index in [1.165, 1.54) is 92.1 Å². The summed E-state index contributed by atoms with van der Waals surface area (Å²) in [6, 6.07) is 72.6. The van der Waals surface area contributed by atoms with Crippen LogP contribution < -0.4 is 4.90 Å². The molecule has 9 aromatic carbocycles. The highest BCUT2D eigenvalue weighted by atomic mass is 32.1. The molecule has 0 bridgehead atoms. The Morgan fingerprint density at radius 3 is 1.87 bits per heavy atom. The zero-order chi connectivity index (χ0) is 41.5. The molecule has 0 saturated heterocycles. The van der Waals surface area contributed by atoms with E-state index in [4.69, 9.17) is 0 Å². The van der Waals surface area contributed by atoms with Gasteiger partial charge in [-0.25, -0.2) is 0 Å². The molecule has 1 aliphatic carbocycles. The van der Waals surface area contributed by atoms with Crippen molar-refractivity contribution in [2.75, 3.05) is 4.90 Å². The van der Waals surface area contributed by atoms with Gasteiger partial charge in [0.05, 0.1) is 5.69 Å². The molecule has 1 heterocycles. The van der Waals surface area contributed by atoms with Gasteiger partial charge in [-0.2, -0.15) is 0 Å². The van der Waals surface area contributed by atoms with E-state index in [9.17, 15) is 0 Å². The summed E-state index contributed by atoms with van der Waals surface area (Å²) in [5, 5.41) is 5.07. The second kappa shape index (κ2) is 14.2. The van der Waals surface area contributed by atoms with Gasteiger partial charge < -0.3 is 4.90 Å². The highest BCUT2D eigenvalue weighted by molar-refractivity contribution is 7.26. The van der Waals surface area contributed by atoms with Gasteiger partial charge in [0.15, 0.2) is 0 Å². The smallest absolute Gasteiger partial charge is 0.0547 e. The number of benzene rings is 9. The predicted molar refractivity (Wildman–Crippen MR) is 264 cm³/mol. The first-order valence-electron chi connectivity index (χ1n) is 21.4. The molecule has 61 heavy (non-hydrogen) atoms. The van der Waals surface area contributed by atoms with Crippen LogP contribution in [0.5, 0.6) is 0 Å². The maximum absolute atomic E-state index is 2.53. The van der Waals surface area contributed by atoms with Gasteiger partial charge in [-0.3, -0.25) is 0 Å². The minimum absolute atomic E-state index is 0.0781. The molecule has 0 N–H and O–H groups in total. The Labute approximate surface area is 363 Å². The lowest BCUT2D eigenvalue weighted by molar-refractivity contribution is 0.590. The average molecular weight is 802 g/mol. The van der Waals surface area contributed by atoms with E-state index in [-0.39, 0.29) is 10.8 Å². The summed E-state index contributed by atoms with van der Waals surface area (Å²) in [6.07, 6.45) is 0. The number of anilines is 3. The molecule has 0 spiro atoms. The standard InChI is InChI=1S/C59H47NS/c1-58(2,3)41-29-26-40(27-30-41)44-33-31-42(36-51(44)38-16-7-6-8-17-38)60(43-32-34-47-46-20-11-13-24-52(46)59(4,5)53(47)37-43)54-35-28-39-18-9-10-19-45(39)56(54)50-23-15-22-49-48-21-12-14-25-55(48)61-57(49)50/h6-37H,1-5H3. The van der Waals surface area contributed by atoms with Crippen molar-refractivity contribution in [1.29, 1.82) is 0 Å². The van der Waals surface area contributed by atoms with Crippen LogP contribution in [-0.4, -0.2) is 0 Å². The van der Waals surface area contributed by atoms with Crippen molar-refractivity contribution in [1.82, 2.24) is 0 Å². The third kappa shape index (κ3) is 6.12. The zero-order valence-electron chi connectivity index (χ0n) is 35.3. The fourth-order valence-electron chi connectivity index (χ4n) is 9.86. The van der Waals surface area contributed by atoms with Crippen LogP contribution in [0.1, 0.15) is 51.3 Å². The molecule has 0 radical (unpaired) electrons. The Hall–Kier alpha value is -6.74. The van der Waals surface area contributed by atoms with E-state index in [1.54, 1.807) is 0 Å². The van der Waals surface area contributed by atoms with Gasteiger partial charge in [0.1, 0.15) is 0 Å². The summed E-state index contributed by atoms with van der Waals surface area (Å²) < 4.78 is 2.62. The van der Waals surface area contributed by atoms with Crippen LogP contribution in [0, 0.1) is 0 Å². The Bertz CT molecular complexity index is 3310. The van der Waals surface area contributed by atoms with E-state index in [0.717, 1.165) is 17.1 Å². The van der Waals surface area contributed by atoms with Crippen molar-refractivity contribution >= 4 is 59.3 Å². The average Bonchev–Trinajstić information content (AvgIpc) is 3.78. The van der Waals surface area contributed by atoms with Crippen molar-refractivity contribution in [3.63, 3.8) is 0 Å².